The standard InChI is InChI=1S/C10H20N4/c1-7-4-8(13-14-9(11)12)6-10(2,3)5-7/h7H,4-6H2,1-3H3,(H4,11,12,14). The second-order valence-electron chi connectivity index (χ2n) is 5.05. The Morgan fingerprint density at radius 2 is 2.07 bits per heavy atom. The molecule has 0 amide bonds. The Balaban J connectivity index is 2.72. The predicted octanol–water partition coefficient (Wildman–Crippen LogP) is 1.46. The molecule has 1 rings (SSSR count). The van der Waals surface area contributed by atoms with Crippen LogP contribution in [0.3, 0.4) is 0 Å². The van der Waals surface area contributed by atoms with Crippen molar-refractivity contribution in [1.82, 2.24) is 0 Å². The molecule has 1 fully saturated rings. The van der Waals surface area contributed by atoms with Gasteiger partial charge in [0.1, 0.15) is 0 Å². The van der Waals surface area contributed by atoms with Gasteiger partial charge in [-0.15, -0.1) is 5.10 Å². The van der Waals surface area contributed by atoms with Gasteiger partial charge in [-0.05, 0) is 30.6 Å². The maximum atomic E-state index is 5.23. The summed E-state index contributed by atoms with van der Waals surface area (Å²) in [5.41, 5.74) is 11.9. The third-order valence-electron chi connectivity index (χ3n) is 2.47. The second-order valence-corrected chi connectivity index (χ2v) is 5.05. The van der Waals surface area contributed by atoms with Gasteiger partial charge in [0.15, 0.2) is 0 Å². The van der Waals surface area contributed by atoms with Gasteiger partial charge in [-0.3, -0.25) is 0 Å². The van der Waals surface area contributed by atoms with Crippen LogP contribution in [-0.2, 0) is 0 Å². The molecule has 1 aliphatic rings. The average Bonchev–Trinajstić information content (AvgIpc) is 1.96. The van der Waals surface area contributed by atoms with Crippen LogP contribution in [0.15, 0.2) is 10.2 Å². The first-order valence-corrected chi connectivity index (χ1v) is 5.03. The number of nitrogens with two attached hydrogens (primary N) is 2. The summed E-state index contributed by atoms with van der Waals surface area (Å²) in [7, 11) is 0. The number of guanidine groups is 1. The van der Waals surface area contributed by atoms with E-state index in [1.807, 2.05) is 0 Å². The van der Waals surface area contributed by atoms with Crippen molar-refractivity contribution < 1.29 is 0 Å². The fraction of sp³-hybridized carbons (Fsp3) is 0.800. The minimum atomic E-state index is 0.0357. The minimum Gasteiger partial charge on any atom is -0.369 e. The van der Waals surface area contributed by atoms with Crippen LogP contribution >= 0.6 is 0 Å². The van der Waals surface area contributed by atoms with Crippen molar-refractivity contribution in [2.45, 2.75) is 40.0 Å². The molecule has 0 spiro atoms. The zero-order valence-corrected chi connectivity index (χ0v) is 9.25. The Morgan fingerprint density at radius 1 is 1.43 bits per heavy atom. The highest BCUT2D eigenvalue weighted by atomic mass is 15.3. The summed E-state index contributed by atoms with van der Waals surface area (Å²) in [4.78, 5) is 0. The molecular weight excluding hydrogens is 176 g/mol. The van der Waals surface area contributed by atoms with Gasteiger partial charge in [-0.25, -0.2) is 0 Å². The molecule has 4 heteroatoms. The summed E-state index contributed by atoms with van der Waals surface area (Å²) in [6.07, 6.45) is 3.25. The summed E-state index contributed by atoms with van der Waals surface area (Å²) in [6, 6.07) is 0. The quantitative estimate of drug-likeness (QED) is 0.378. The summed E-state index contributed by atoms with van der Waals surface area (Å²) in [5, 5.41) is 7.79. The van der Waals surface area contributed by atoms with Crippen molar-refractivity contribution in [2.24, 2.45) is 33.0 Å². The minimum absolute atomic E-state index is 0.0357. The molecule has 0 aromatic rings. The van der Waals surface area contributed by atoms with Crippen LogP contribution in [0.1, 0.15) is 40.0 Å². The van der Waals surface area contributed by atoms with E-state index >= 15 is 0 Å². The number of hydrogen-bond donors (Lipinski definition) is 2. The molecule has 4 N–H and O–H groups in total. The molecule has 1 saturated carbocycles. The number of hydrogen-bond acceptors (Lipinski definition) is 2. The van der Waals surface area contributed by atoms with Gasteiger partial charge in [0, 0.05) is 5.71 Å². The highest BCUT2D eigenvalue weighted by Gasteiger charge is 2.29. The first kappa shape index (κ1) is 11.0. The van der Waals surface area contributed by atoms with Gasteiger partial charge < -0.3 is 11.5 Å². The SMILES string of the molecule is CC1CC(=NN=C(N)N)CC(C)(C)C1. The summed E-state index contributed by atoms with van der Waals surface area (Å²) >= 11 is 0. The lowest BCUT2D eigenvalue weighted by atomic mass is 9.72. The maximum Gasteiger partial charge on any atom is 0.211 e. The molecule has 1 aliphatic carbocycles. The first-order valence-electron chi connectivity index (χ1n) is 5.03. The summed E-state index contributed by atoms with van der Waals surface area (Å²) < 4.78 is 0. The van der Waals surface area contributed by atoms with Crippen molar-refractivity contribution in [1.29, 1.82) is 0 Å². The molecule has 0 saturated heterocycles. The largest absolute Gasteiger partial charge is 0.369 e. The van der Waals surface area contributed by atoms with Crippen LogP contribution in [-0.4, -0.2) is 11.7 Å². The van der Waals surface area contributed by atoms with Crippen LogP contribution in [0.4, 0.5) is 0 Å². The Kier molecular flexibility index (Phi) is 3.13. The van der Waals surface area contributed by atoms with E-state index in [0.717, 1.165) is 18.6 Å². The normalized spacial score (nSPS) is 28.8. The highest BCUT2D eigenvalue weighted by Crippen LogP contribution is 2.36. The Bertz CT molecular complexity index is 261. The monoisotopic (exact) mass is 196 g/mol. The first-order chi connectivity index (χ1) is 6.39. The van der Waals surface area contributed by atoms with E-state index in [2.05, 4.69) is 31.0 Å². The molecule has 80 valence electrons. The lowest BCUT2D eigenvalue weighted by molar-refractivity contribution is 0.265. The van der Waals surface area contributed by atoms with E-state index in [1.54, 1.807) is 0 Å². The van der Waals surface area contributed by atoms with Crippen LogP contribution in [0.5, 0.6) is 0 Å². The highest BCUT2D eigenvalue weighted by molar-refractivity contribution is 5.87. The van der Waals surface area contributed by atoms with Crippen LogP contribution in [0.2, 0.25) is 0 Å². The van der Waals surface area contributed by atoms with Gasteiger partial charge in [0.05, 0.1) is 0 Å². The summed E-state index contributed by atoms with van der Waals surface area (Å²) in [5.74, 6) is 0.709. The molecule has 14 heavy (non-hydrogen) atoms. The molecule has 0 aliphatic heterocycles. The van der Waals surface area contributed by atoms with Crippen LogP contribution in [0, 0.1) is 11.3 Å². The van der Waals surface area contributed by atoms with Crippen LogP contribution in [0.25, 0.3) is 0 Å². The molecule has 1 atom stereocenters. The van der Waals surface area contributed by atoms with E-state index in [9.17, 15) is 0 Å². The van der Waals surface area contributed by atoms with Crippen molar-refractivity contribution >= 4 is 11.7 Å². The van der Waals surface area contributed by atoms with Crippen molar-refractivity contribution in [3.8, 4) is 0 Å². The van der Waals surface area contributed by atoms with E-state index in [4.69, 9.17) is 11.5 Å². The molecule has 0 aromatic carbocycles. The van der Waals surface area contributed by atoms with E-state index in [0.29, 0.717) is 11.3 Å². The fourth-order valence-electron chi connectivity index (χ4n) is 2.32. The lowest BCUT2D eigenvalue weighted by Crippen LogP contribution is -2.28. The Labute approximate surface area is 85.5 Å². The topological polar surface area (TPSA) is 76.8 Å². The molecule has 1 unspecified atom stereocenters. The van der Waals surface area contributed by atoms with E-state index < -0.39 is 0 Å². The Morgan fingerprint density at radius 3 is 2.57 bits per heavy atom. The zero-order chi connectivity index (χ0) is 10.8. The smallest absolute Gasteiger partial charge is 0.211 e. The molecule has 0 radical (unpaired) electrons. The van der Waals surface area contributed by atoms with Gasteiger partial charge in [0.25, 0.3) is 0 Å². The van der Waals surface area contributed by atoms with Gasteiger partial charge >= 0.3 is 0 Å². The van der Waals surface area contributed by atoms with Crippen molar-refractivity contribution in [2.75, 3.05) is 0 Å². The molecule has 0 heterocycles. The van der Waals surface area contributed by atoms with Crippen LogP contribution < -0.4 is 11.5 Å². The fourth-order valence-corrected chi connectivity index (χ4v) is 2.32. The third-order valence-corrected chi connectivity index (χ3v) is 2.47. The lowest BCUT2D eigenvalue weighted by Gasteiger charge is -2.34. The molecular formula is C10H20N4. The number of nitrogens with zero attached hydrogens (tertiary/aromatic N) is 2. The zero-order valence-electron chi connectivity index (χ0n) is 9.25. The second kappa shape index (κ2) is 3.98. The third kappa shape index (κ3) is 3.36. The molecule has 0 bridgehead atoms. The maximum absolute atomic E-state index is 5.23. The van der Waals surface area contributed by atoms with Gasteiger partial charge in [-0.1, -0.05) is 20.8 Å². The van der Waals surface area contributed by atoms with Gasteiger partial charge in [-0.2, -0.15) is 5.10 Å². The molecule has 0 aromatic heterocycles. The average molecular weight is 196 g/mol. The van der Waals surface area contributed by atoms with Gasteiger partial charge in [0.2, 0.25) is 5.96 Å². The Hall–Kier alpha value is -1.06. The number of rotatable bonds is 1. The summed E-state index contributed by atoms with van der Waals surface area (Å²) in [6.45, 7) is 6.76. The molecule has 4 nitrogen and oxygen atoms in total. The van der Waals surface area contributed by atoms with E-state index in [1.165, 1.54) is 6.42 Å². The van der Waals surface area contributed by atoms with Crippen molar-refractivity contribution in [3.05, 3.63) is 0 Å². The predicted molar refractivity (Wildman–Crippen MR) is 60.0 cm³/mol. The van der Waals surface area contributed by atoms with E-state index in [-0.39, 0.29) is 5.96 Å². The van der Waals surface area contributed by atoms with Crippen molar-refractivity contribution in [3.63, 3.8) is 0 Å².